The van der Waals surface area contributed by atoms with Crippen LogP contribution in [0.2, 0.25) is 0 Å². The van der Waals surface area contributed by atoms with Crippen molar-refractivity contribution < 1.29 is 13.9 Å². The van der Waals surface area contributed by atoms with E-state index in [0.717, 1.165) is 57.6 Å². The number of likely N-dealkylation sites (tertiary alicyclic amines) is 2. The number of piperidine rings is 2. The van der Waals surface area contributed by atoms with Gasteiger partial charge in [-0.2, -0.15) is 0 Å². The van der Waals surface area contributed by atoms with Crippen molar-refractivity contribution in [1.82, 2.24) is 9.80 Å². The van der Waals surface area contributed by atoms with E-state index in [9.17, 15) is 9.18 Å². The summed E-state index contributed by atoms with van der Waals surface area (Å²) in [5.74, 6) is 1.77. The van der Waals surface area contributed by atoms with Crippen LogP contribution in [0.1, 0.15) is 31.2 Å². The van der Waals surface area contributed by atoms with Gasteiger partial charge in [0, 0.05) is 38.0 Å². The normalized spacial score (nSPS) is 18.8. The summed E-state index contributed by atoms with van der Waals surface area (Å²) in [4.78, 5) is 17.1. The summed E-state index contributed by atoms with van der Waals surface area (Å²) in [6.07, 6.45) is 3.99. The molecule has 2 saturated heterocycles. The standard InChI is InChI=1S/C25H31FN2O2S/c26-23-8-4-5-9-24(23)30-22-12-16-27(17-13-22)21-10-14-28(15-11-21)25(29)19-31-18-20-6-2-1-3-7-20/h1-9,21-22H,10-19H2. The van der Waals surface area contributed by atoms with Crippen LogP contribution in [-0.4, -0.2) is 59.8 Å². The maximum Gasteiger partial charge on any atom is 0.232 e. The quantitative estimate of drug-likeness (QED) is 0.628. The molecule has 2 aliphatic rings. The molecule has 0 radical (unpaired) electrons. The Morgan fingerprint density at radius 1 is 0.935 bits per heavy atom. The Morgan fingerprint density at radius 2 is 1.61 bits per heavy atom. The van der Waals surface area contributed by atoms with Crippen molar-refractivity contribution in [2.75, 3.05) is 31.9 Å². The first-order valence-corrected chi connectivity index (χ1v) is 12.4. The molecule has 4 rings (SSSR count). The Morgan fingerprint density at radius 3 is 2.32 bits per heavy atom. The third-order valence-corrected chi connectivity index (χ3v) is 7.27. The van der Waals surface area contributed by atoms with Gasteiger partial charge in [-0.15, -0.1) is 11.8 Å². The van der Waals surface area contributed by atoms with Crippen molar-refractivity contribution in [3.05, 3.63) is 66.0 Å². The molecule has 2 aromatic rings. The predicted octanol–water partition coefficient (Wildman–Crippen LogP) is 4.59. The first-order chi connectivity index (χ1) is 15.2. The molecule has 2 aromatic carbocycles. The van der Waals surface area contributed by atoms with E-state index >= 15 is 0 Å². The molecule has 0 spiro atoms. The molecule has 0 N–H and O–H groups in total. The Bertz CT molecular complexity index is 834. The van der Waals surface area contributed by atoms with E-state index in [-0.39, 0.29) is 17.8 Å². The summed E-state index contributed by atoms with van der Waals surface area (Å²) in [6, 6.07) is 17.5. The van der Waals surface area contributed by atoms with Crippen LogP contribution in [0.15, 0.2) is 54.6 Å². The Balaban J connectivity index is 1.15. The lowest BCUT2D eigenvalue weighted by molar-refractivity contribution is -0.130. The number of hydrogen-bond acceptors (Lipinski definition) is 4. The summed E-state index contributed by atoms with van der Waals surface area (Å²) in [7, 11) is 0. The molecule has 1 amide bonds. The fourth-order valence-electron chi connectivity index (χ4n) is 4.48. The number of halogens is 1. The van der Waals surface area contributed by atoms with Gasteiger partial charge in [0.1, 0.15) is 6.10 Å². The molecule has 2 heterocycles. The van der Waals surface area contributed by atoms with E-state index in [2.05, 4.69) is 17.0 Å². The lowest BCUT2D eigenvalue weighted by Gasteiger charge is -2.41. The average molecular weight is 443 g/mol. The van der Waals surface area contributed by atoms with Crippen molar-refractivity contribution in [3.63, 3.8) is 0 Å². The number of amides is 1. The number of hydrogen-bond donors (Lipinski definition) is 0. The van der Waals surface area contributed by atoms with Gasteiger partial charge in [0.25, 0.3) is 0 Å². The Kier molecular flexibility index (Phi) is 7.86. The van der Waals surface area contributed by atoms with Crippen LogP contribution in [0, 0.1) is 5.82 Å². The number of nitrogens with zero attached hydrogens (tertiary/aromatic N) is 2. The molecule has 31 heavy (non-hydrogen) atoms. The van der Waals surface area contributed by atoms with Crippen LogP contribution >= 0.6 is 11.8 Å². The SMILES string of the molecule is O=C(CSCc1ccccc1)N1CCC(N2CCC(Oc3ccccc3F)CC2)CC1. The van der Waals surface area contributed by atoms with Crippen LogP contribution in [0.5, 0.6) is 5.75 Å². The van der Waals surface area contributed by atoms with Crippen molar-refractivity contribution >= 4 is 17.7 Å². The Labute approximate surface area is 188 Å². The molecule has 2 aliphatic heterocycles. The highest BCUT2D eigenvalue weighted by Gasteiger charge is 2.30. The van der Waals surface area contributed by atoms with Gasteiger partial charge in [0.2, 0.25) is 5.91 Å². The molecule has 4 nitrogen and oxygen atoms in total. The minimum atomic E-state index is -0.288. The summed E-state index contributed by atoms with van der Waals surface area (Å²) in [5, 5.41) is 0. The van der Waals surface area contributed by atoms with Crippen LogP contribution in [0.4, 0.5) is 4.39 Å². The smallest absolute Gasteiger partial charge is 0.232 e. The number of thioether (sulfide) groups is 1. The summed E-state index contributed by atoms with van der Waals surface area (Å²) < 4.78 is 19.7. The number of rotatable bonds is 7. The maximum atomic E-state index is 13.8. The molecular formula is C25H31FN2O2S. The molecule has 6 heteroatoms. The van der Waals surface area contributed by atoms with Gasteiger partial charge in [0.05, 0.1) is 5.75 Å². The first kappa shape index (κ1) is 22.2. The number of ether oxygens (including phenoxy) is 1. The van der Waals surface area contributed by atoms with Gasteiger partial charge in [-0.1, -0.05) is 42.5 Å². The largest absolute Gasteiger partial charge is 0.487 e. The zero-order valence-corrected chi connectivity index (χ0v) is 18.7. The lowest BCUT2D eigenvalue weighted by Crippen LogP contribution is -2.50. The molecule has 0 saturated carbocycles. The second kappa shape index (κ2) is 11.0. The van der Waals surface area contributed by atoms with Gasteiger partial charge >= 0.3 is 0 Å². The third-order valence-electron chi connectivity index (χ3n) is 6.28. The van der Waals surface area contributed by atoms with Crippen LogP contribution in [0.3, 0.4) is 0 Å². The summed E-state index contributed by atoms with van der Waals surface area (Å²) in [5.41, 5.74) is 1.27. The minimum absolute atomic E-state index is 0.0801. The molecular weight excluding hydrogens is 411 g/mol. The van der Waals surface area contributed by atoms with Crippen molar-refractivity contribution in [2.45, 2.75) is 43.6 Å². The lowest BCUT2D eigenvalue weighted by atomic mass is 9.99. The highest BCUT2D eigenvalue weighted by Crippen LogP contribution is 2.25. The minimum Gasteiger partial charge on any atom is -0.487 e. The molecule has 0 aliphatic carbocycles. The van der Waals surface area contributed by atoms with Gasteiger partial charge in [-0.3, -0.25) is 9.69 Å². The number of carbonyl (C=O) groups is 1. The van der Waals surface area contributed by atoms with Gasteiger partial charge in [0.15, 0.2) is 11.6 Å². The second-order valence-corrected chi connectivity index (χ2v) is 9.36. The average Bonchev–Trinajstić information content (AvgIpc) is 2.82. The molecule has 0 bridgehead atoms. The fourth-order valence-corrected chi connectivity index (χ4v) is 5.37. The van der Waals surface area contributed by atoms with Crippen molar-refractivity contribution in [3.8, 4) is 5.75 Å². The van der Waals surface area contributed by atoms with E-state index in [4.69, 9.17) is 4.74 Å². The molecule has 2 fully saturated rings. The van der Waals surface area contributed by atoms with E-state index in [1.165, 1.54) is 11.6 Å². The fraction of sp³-hybridized carbons (Fsp3) is 0.480. The second-order valence-electron chi connectivity index (χ2n) is 8.37. The number of carbonyl (C=O) groups excluding carboxylic acids is 1. The molecule has 0 unspecified atom stereocenters. The van der Waals surface area contributed by atoms with Gasteiger partial charge < -0.3 is 9.64 Å². The predicted molar refractivity (Wildman–Crippen MR) is 124 cm³/mol. The summed E-state index contributed by atoms with van der Waals surface area (Å²) >= 11 is 1.70. The van der Waals surface area contributed by atoms with Crippen LogP contribution < -0.4 is 4.74 Å². The van der Waals surface area contributed by atoms with Crippen molar-refractivity contribution in [1.29, 1.82) is 0 Å². The molecule has 0 atom stereocenters. The topological polar surface area (TPSA) is 32.8 Å². The zero-order valence-electron chi connectivity index (χ0n) is 17.9. The van der Waals surface area contributed by atoms with Crippen LogP contribution in [-0.2, 0) is 10.5 Å². The number of benzene rings is 2. The van der Waals surface area contributed by atoms with Crippen LogP contribution in [0.25, 0.3) is 0 Å². The molecule has 166 valence electrons. The monoisotopic (exact) mass is 442 g/mol. The molecule has 0 aromatic heterocycles. The van der Waals surface area contributed by atoms with E-state index in [1.54, 1.807) is 23.9 Å². The van der Waals surface area contributed by atoms with E-state index in [0.29, 0.717) is 17.5 Å². The highest BCUT2D eigenvalue weighted by atomic mass is 32.2. The van der Waals surface area contributed by atoms with Gasteiger partial charge in [-0.25, -0.2) is 4.39 Å². The number of para-hydroxylation sites is 1. The third kappa shape index (κ3) is 6.23. The zero-order chi connectivity index (χ0) is 21.5. The highest BCUT2D eigenvalue weighted by molar-refractivity contribution is 7.99. The van der Waals surface area contributed by atoms with E-state index < -0.39 is 0 Å². The van der Waals surface area contributed by atoms with Gasteiger partial charge in [-0.05, 0) is 43.4 Å². The summed E-state index contributed by atoms with van der Waals surface area (Å²) in [6.45, 7) is 3.65. The first-order valence-electron chi connectivity index (χ1n) is 11.2. The maximum absolute atomic E-state index is 13.8. The van der Waals surface area contributed by atoms with Crippen molar-refractivity contribution in [2.24, 2.45) is 0 Å². The van der Waals surface area contributed by atoms with E-state index in [1.807, 2.05) is 29.2 Å². The Hall–Kier alpha value is -2.05.